The Kier molecular flexibility index (Phi) is 8.73. The van der Waals surface area contributed by atoms with E-state index in [9.17, 15) is 0 Å². The minimum Gasteiger partial charge on any atom is -0.145 e. The molecule has 160 valence electrons. The molecule has 0 saturated heterocycles. The molecule has 0 fully saturated rings. The van der Waals surface area contributed by atoms with E-state index in [1.165, 1.54) is 43.8 Å². The summed E-state index contributed by atoms with van der Waals surface area (Å²) in [4.78, 5) is 0. The Morgan fingerprint density at radius 2 is 0.788 bits per heavy atom. The molecule has 0 aliphatic rings. The van der Waals surface area contributed by atoms with Crippen LogP contribution < -0.4 is 0 Å². The maximum Gasteiger partial charge on any atom is -0.0635 e. The molecule has 0 saturated carbocycles. The number of halogens is 2. The summed E-state index contributed by atoms with van der Waals surface area (Å²) in [5.41, 5.74) is 5.18. The van der Waals surface area contributed by atoms with Gasteiger partial charge in [0.25, 0.3) is 0 Å². The van der Waals surface area contributed by atoms with Gasteiger partial charge in [0.1, 0.15) is 0 Å². The fraction of sp³-hybridized carbons (Fsp3) is 0. The second-order valence-corrected chi connectivity index (χ2v) is 11.3. The van der Waals surface area contributed by atoms with Crippen molar-refractivity contribution < 1.29 is 20.8 Å². The fourth-order valence-corrected chi connectivity index (χ4v) is 3.90. The van der Waals surface area contributed by atoms with Crippen molar-refractivity contribution in [2.24, 2.45) is 0 Å². The number of hydrogen-bond donors (Lipinski definition) is 0. The van der Waals surface area contributed by atoms with Gasteiger partial charge in [-0.25, -0.2) is 0 Å². The van der Waals surface area contributed by atoms with Gasteiger partial charge in [-0.1, -0.05) is 108 Å². The normalized spacial score (nSPS) is 10.0. The van der Waals surface area contributed by atoms with Gasteiger partial charge in [-0.3, -0.25) is 0 Å². The Morgan fingerprint density at radius 3 is 1.15 bits per heavy atom. The Labute approximate surface area is 213 Å². The van der Waals surface area contributed by atoms with E-state index in [2.05, 4.69) is 121 Å². The maximum absolute atomic E-state index is 4.93. The van der Waals surface area contributed by atoms with E-state index in [1.807, 2.05) is 12.1 Å². The first kappa shape index (κ1) is 23.7. The standard InChI is InChI=1S/2C15H11.2ClH.Zr/c2*1-2-6-12(7-3-1)15-10-13-8-4-5-9-14(13)11-15;;;/h2*1-11H;2*1H;/q2*-1;;;+4/p-2. The van der Waals surface area contributed by atoms with Gasteiger partial charge in [-0.15, -0.1) is 69.1 Å². The van der Waals surface area contributed by atoms with Crippen molar-refractivity contribution in [1.82, 2.24) is 0 Å². The molecule has 33 heavy (non-hydrogen) atoms. The van der Waals surface area contributed by atoms with Crippen LogP contribution in [0.25, 0.3) is 43.8 Å². The molecule has 6 aromatic carbocycles. The van der Waals surface area contributed by atoms with Gasteiger partial charge in [-0.05, 0) is 0 Å². The molecule has 6 aromatic rings. The van der Waals surface area contributed by atoms with Crippen molar-refractivity contribution >= 4 is 38.6 Å². The molecule has 0 amide bonds. The van der Waals surface area contributed by atoms with Crippen LogP contribution in [-0.2, 0) is 20.8 Å². The van der Waals surface area contributed by atoms with E-state index in [4.69, 9.17) is 17.0 Å². The van der Waals surface area contributed by atoms with E-state index in [1.54, 1.807) is 0 Å². The van der Waals surface area contributed by atoms with Gasteiger partial charge in [-0.2, -0.15) is 0 Å². The third-order valence-corrected chi connectivity index (χ3v) is 5.45. The second-order valence-electron chi connectivity index (χ2n) is 7.55. The minimum atomic E-state index is -0.826. The summed E-state index contributed by atoms with van der Waals surface area (Å²) in [6, 6.07) is 46.9. The summed E-state index contributed by atoms with van der Waals surface area (Å²) in [6.45, 7) is 0. The summed E-state index contributed by atoms with van der Waals surface area (Å²) >= 11 is -0.826. The zero-order valence-corrected chi connectivity index (χ0v) is 21.9. The number of fused-ring (bicyclic) bond motifs is 2. The van der Waals surface area contributed by atoms with Gasteiger partial charge < -0.3 is 0 Å². The topological polar surface area (TPSA) is 0 Å². The SMILES string of the molecule is [Cl][Zr+2][Cl].c1ccc(-c2cc3ccccc3[cH-]2)cc1.c1ccc(-c2cc3ccccc3[cH-]2)cc1. The first-order chi connectivity index (χ1) is 16.3. The predicted molar refractivity (Wildman–Crippen MR) is 142 cm³/mol. The molecule has 0 aromatic heterocycles. The Hall–Kier alpha value is -2.44. The van der Waals surface area contributed by atoms with E-state index in [-0.39, 0.29) is 0 Å². The Morgan fingerprint density at radius 1 is 0.455 bits per heavy atom. The zero-order chi connectivity index (χ0) is 22.9. The maximum atomic E-state index is 4.93. The third kappa shape index (κ3) is 6.33. The molecule has 0 atom stereocenters. The van der Waals surface area contributed by atoms with Gasteiger partial charge in [0, 0.05) is 0 Å². The predicted octanol–water partition coefficient (Wildman–Crippen LogP) is 9.83. The van der Waals surface area contributed by atoms with Crippen LogP contribution in [0.2, 0.25) is 0 Å². The monoisotopic (exact) mass is 542 g/mol. The van der Waals surface area contributed by atoms with Crippen molar-refractivity contribution in [2.45, 2.75) is 0 Å². The molecular weight excluding hydrogens is 522 g/mol. The van der Waals surface area contributed by atoms with Crippen LogP contribution in [-0.4, -0.2) is 0 Å². The van der Waals surface area contributed by atoms with Crippen LogP contribution in [0, 0.1) is 0 Å². The smallest absolute Gasteiger partial charge is 0.0635 e. The molecule has 0 heterocycles. The van der Waals surface area contributed by atoms with E-state index >= 15 is 0 Å². The minimum absolute atomic E-state index is 0.826. The number of hydrogen-bond acceptors (Lipinski definition) is 0. The van der Waals surface area contributed by atoms with Crippen LogP contribution in [0.1, 0.15) is 0 Å². The number of benzene rings is 4. The zero-order valence-electron chi connectivity index (χ0n) is 18.0. The van der Waals surface area contributed by atoms with Gasteiger partial charge in [0.2, 0.25) is 0 Å². The van der Waals surface area contributed by atoms with Crippen molar-refractivity contribution in [2.75, 3.05) is 0 Å². The first-order valence-electron chi connectivity index (χ1n) is 10.7. The van der Waals surface area contributed by atoms with Crippen molar-refractivity contribution in [1.29, 1.82) is 0 Å². The van der Waals surface area contributed by atoms with E-state index in [0.29, 0.717) is 0 Å². The molecule has 3 heteroatoms. The molecule has 0 spiro atoms. The summed E-state index contributed by atoms with van der Waals surface area (Å²) < 4.78 is 0. The van der Waals surface area contributed by atoms with Crippen LogP contribution in [0.4, 0.5) is 0 Å². The largest absolute Gasteiger partial charge is 0.145 e. The quantitative estimate of drug-likeness (QED) is 0.190. The molecule has 6 rings (SSSR count). The molecule has 0 aliphatic carbocycles. The Balaban J connectivity index is 0.000000141. The van der Waals surface area contributed by atoms with Crippen LogP contribution in [0.15, 0.2) is 133 Å². The molecular formula is C30H22Cl2Zr. The van der Waals surface area contributed by atoms with Crippen LogP contribution in [0.5, 0.6) is 0 Å². The molecule has 0 N–H and O–H groups in total. The van der Waals surface area contributed by atoms with Crippen molar-refractivity contribution in [3.05, 3.63) is 133 Å². The first-order valence-corrected chi connectivity index (χ1v) is 17.0. The average molecular weight is 545 g/mol. The molecule has 0 nitrogen and oxygen atoms in total. The van der Waals surface area contributed by atoms with Gasteiger partial charge >= 0.3 is 37.9 Å². The van der Waals surface area contributed by atoms with Crippen LogP contribution in [0.3, 0.4) is 0 Å². The molecule has 0 radical (unpaired) electrons. The summed E-state index contributed by atoms with van der Waals surface area (Å²) in [5.74, 6) is 0. The molecule has 0 unspecified atom stereocenters. The molecule has 0 bridgehead atoms. The Bertz CT molecular complexity index is 1220. The van der Waals surface area contributed by atoms with Gasteiger partial charge in [0.05, 0.1) is 0 Å². The fourth-order valence-electron chi connectivity index (χ4n) is 3.90. The number of rotatable bonds is 2. The second kappa shape index (κ2) is 12.1. The average Bonchev–Trinajstić information content (AvgIpc) is 3.51. The van der Waals surface area contributed by atoms with Crippen molar-refractivity contribution in [3.8, 4) is 22.3 Å². The third-order valence-electron chi connectivity index (χ3n) is 5.45. The van der Waals surface area contributed by atoms with Crippen molar-refractivity contribution in [3.63, 3.8) is 0 Å². The molecule has 0 aliphatic heterocycles. The van der Waals surface area contributed by atoms with Gasteiger partial charge in [0.15, 0.2) is 0 Å². The summed E-state index contributed by atoms with van der Waals surface area (Å²) in [6.07, 6.45) is 0. The van der Waals surface area contributed by atoms with E-state index < -0.39 is 20.8 Å². The summed E-state index contributed by atoms with van der Waals surface area (Å²) in [5, 5.41) is 5.26. The van der Waals surface area contributed by atoms with E-state index in [0.717, 1.165) is 0 Å². The summed E-state index contributed by atoms with van der Waals surface area (Å²) in [7, 11) is 9.87. The van der Waals surface area contributed by atoms with Crippen LogP contribution >= 0.6 is 17.0 Å².